The highest BCUT2D eigenvalue weighted by atomic mass is 79.9. The molecule has 7 nitrogen and oxygen atoms in total. The first-order chi connectivity index (χ1) is 11.4. The van der Waals surface area contributed by atoms with Crippen LogP contribution in [0.3, 0.4) is 0 Å². The number of ketones is 1. The summed E-state index contributed by atoms with van der Waals surface area (Å²) in [5.74, 6) is 0.100. The number of carbonyl (C=O) groups excluding carboxylic acids is 1. The summed E-state index contributed by atoms with van der Waals surface area (Å²) in [6, 6.07) is 5.45. The number of nitrogens with zero attached hydrogens (tertiary/aromatic N) is 3. The summed E-state index contributed by atoms with van der Waals surface area (Å²) in [5.41, 5.74) is 0.193. The Kier molecular flexibility index (Phi) is 5.86. The molecule has 0 atom stereocenters. The second kappa shape index (κ2) is 7.87. The molecule has 0 bridgehead atoms. The highest BCUT2D eigenvalue weighted by molar-refractivity contribution is 9.10. The normalized spacial score (nSPS) is 11.0. The van der Waals surface area contributed by atoms with Gasteiger partial charge in [-0.3, -0.25) is 19.6 Å². The molecule has 0 spiro atoms. The Labute approximate surface area is 147 Å². The molecule has 0 saturated heterocycles. The first-order valence-electron chi connectivity index (χ1n) is 7.25. The van der Waals surface area contributed by atoms with Crippen molar-refractivity contribution in [2.45, 2.75) is 13.3 Å². The molecule has 1 aromatic heterocycles. The molecular weight excluding hydrogens is 378 g/mol. The van der Waals surface area contributed by atoms with E-state index < -0.39 is 10.7 Å². The van der Waals surface area contributed by atoms with Gasteiger partial charge in [-0.25, -0.2) is 0 Å². The van der Waals surface area contributed by atoms with Crippen LogP contribution in [0.4, 0.5) is 5.69 Å². The average molecular weight is 394 g/mol. The van der Waals surface area contributed by atoms with E-state index in [1.54, 1.807) is 12.1 Å². The molecule has 0 amide bonds. The third kappa shape index (κ3) is 4.29. The summed E-state index contributed by atoms with van der Waals surface area (Å²) in [6.07, 6.45) is 4.89. The minimum atomic E-state index is -0.622. The molecular formula is C16H16BrN3O4. The van der Waals surface area contributed by atoms with Gasteiger partial charge in [0.25, 0.3) is 0 Å². The van der Waals surface area contributed by atoms with Crippen LogP contribution in [0.2, 0.25) is 0 Å². The lowest BCUT2D eigenvalue weighted by molar-refractivity contribution is -0.385. The van der Waals surface area contributed by atoms with Gasteiger partial charge < -0.3 is 4.74 Å². The Bertz CT molecular complexity index is 799. The van der Waals surface area contributed by atoms with Crippen molar-refractivity contribution in [3.8, 4) is 5.75 Å². The Balaban J connectivity index is 2.29. The summed E-state index contributed by atoms with van der Waals surface area (Å²) in [6.45, 7) is 2.56. The number of allylic oxidation sites excluding steroid dienone is 1. The number of hydrogen-bond donors (Lipinski definition) is 0. The highest BCUT2D eigenvalue weighted by Crippen LogP contribution is 2.25. The molecule has 126 valence electrons. The van der Waals surface area contributed by atoms with E-state index in [-0.39, 0.29) is 11.4 Å². The maximum absolute atomic E-state index is 12.2. The zero-order valence-electron chi connectivity index (χ0n) is 13.2. The van der Waals surface area contributed by atoms with E-state index in [0.717, 1.165) is 10.9 Å². The molecule has 0 unspecified atom stereocenters. The number of carbonyl (C=O) groups is 1. The lowest BCUT2D eigenvalue weighted by atomic mass is 10.1. The van der Waals surface area contributed by atoms with Crippen LogP contribution in [-0.4, -0.2) is 27.1 Å². The number of aryl methyl sites for hydroxylation is 1. The van der Waals surface area contributed by atoms with E-state index >= 15 is 0 Å². The maximum Gasteiger partial charge on any atom is 0.318 e. The summed E-state index contributed by atoms with van der Waals surface area (Å²) >= 11 is 3.37. The van der Waals surface area contributed by atoms with Crippen LogP contribution < -0.4 is 4.74 Å². The second-order valence-corrected chi connectivity index (χ2v) is 5.94. The lowest BCUT2D eigenvalue weighted by Gasteiger charge is -2.08. The molecule has 0 aliphatic heterocycles. The molecule has 0 aliphatic carbocycles. The quantitative estimate of drug-likeness (QED) is 0.309. The van der Waals surface area contributed by atoms with E-state index in [2.05, 4.69) is 21.0 Å². The number of nitro groups is 1. The van der Waals surface area contributed by atoms with Crippen LogP contribution in [0.5, 0.6) is 5.75 Å². The molecule has 2 aromatic rings. The standard InChI is InChI=1S/C16H16BrN3O4/c1-3-8-24-15-7-5-12(17)9-11(15)4-6-14(21)16-13(20(22)23)10-19(2)18-16/h4-7,9-10H,3,8H2,1-2H3/b6-4+. The van der Waals surface area contributed by atoms with Gasteiger partial charge in [-0.15, -0.1) is 0 Å². The van der Waals surface area contributed by atoms with Gasteiger partial charge >= 0.3 is 5.69 Å². The minimum Gasteiger partial charge on any atom is -0.493 e. The zero-order chi connectivity index (χ0) is 17.7. The van der Waals surface area contributed by atoms with E-state index in [1.165, 1.54) is 24.0 Å². The second-order valence-electron chi connectivity index (χ2n) is 5.02. The molecule has 1 heterocycles. The van der Waals surface area contributed by atoms with Gasteiger partial charge in [0.2, 0.25) is 11.5 Å². The number of ether oxygens (including phenoxy) is 1. The van der Waals surface area contributed by atoms with E-state index in [0.29, 0.717) is 17.9 Å². The van der Waals surface area contributed by atoms with Crippen molar-refractivity contribution in [2.75, 3.05) is 6.61 Å². The van der Waals surface area contributed by atoms with Crippen LogP contribution >= 0.6 is 15.9 Å². The largest absolute Gasteiger partial charge is 0.493 e. The summed E-state index contributed by atoms with van der Waals surface area (Å²) in [4.78, 5) is 22.6. The van der Waals surface area contributed by atoms with Crippen molar-refractivity contribution in [3.63, 3.8) is 0 Å². The first kappa shape index (κ1) is 17.9. The van der Waals surface area contributed by atoms with Crippen molar-refractivity contribution in [1.29, 1.82) is 0 Å². The van der Waals surface area contributed by atoms with Crippen LogP contribution in [0.15, 0.2) is 34.9 Å². The van der Waals surface area contributed by atoms with Crippen molar-refractivity contribution in [1.82, 2.24) is 9.78 Å². The maximum atomic E-state index is 12.2. The van der Waals surface area contributed by atoms with E-state index in [4.69, 9.17) is 4.74 Å². The number of aromatic nitrogens is 2. The van der Waals surface area contributed by atoms with Crippen LogP contribution in [0.25, 0.3) is 6.08 Å². The van der Waals surface area contributed by atoms with Gasteiger partial charge in [0.1, 0.15) is 11.9 Å². The molecule has 0 saturated carbocycles. The topological polar surface area (TPSA) is 87.3 Å². The predicted octanol–water partition coefficient (Wildman–Crippen LogP) is 3.78. The van der Waals surface area contributed by atoms with Crippen molar-refractivity contribution >= 4 is 33.5 Å². The van der Waals surface area contributed by atoms with Gasteiger partial charge in [0.15, 0.2) is 0 Å². The summed E-state index contributed by atoms with van der Waals surface area (Å²) < 4.78 is 7.71. The molecule has 0 fully saturated rings. The number of rotatable bonds is 7. The number of halogens is 1. The molecule has 0 aliphatic rings. The molecule has 8 heteroatoms. The fourth-order valence-corrected chi connectivity index (χ4v) is 2.40. The molecule has 1 aromatic carbocycles. The number of hydrogen-bond acceptors (Lipinski definition) is 5. The monoisotopic (exact) mass is 393 g/mol. The average Bonchev–Trinajstić information content (AvgIpc) is 2.94. The fraction of sp³-hybridized carbons (Fsp3) is 0.250. The van der Waals surface area contributed by atoms with Gasteiger partial charge in [-0.2, -0.15) is 5.10 Å². The smallest absolute Gasteiger partial charge is 0.318 e. The Morgan fingerprint density at radius 2 is 2.25 bits per heavy atom. The van der Waals surface area contributed by atoms with Crippen molar-refractivity contribution in [3.05, 3.63) is 56.3 Å². The van der Waals surface area contributed by atoms with Crippen molar-refractivity contribution in [2.24, 2.45) is 7.05 Å². The fourth-order valence-electron chi connectivity index (χ4n) is 2.02. The van der Waals surface area contributed by atoms with Crippen LogP contribution in [-0.2, 0) is 7.05 Å². The lowest BCUT2D eigenvalue weighted by Crippen LogP contribution is -2.01. The van der Waals surface area contributed by atoms with Gasteiger partial charge in [0.05, 0.1) is 11.5 Å². The zero-order valence-corrected chi connectivity index (χ0v) is 14.8. The third-order valence-electron chi connectivity index (χ3n) is 3.09. The Morgan fingerprint density at radius 3 is 2.92 bits per heavy atom. The molecule has 2 rings (SSSR count). The van der Waals surface area contributed by atoms with E-state index in [1.807, 2.05) is 19.1 Å². The Morgan fingerprint density at radius 1 is 1.50 bits per heavy atom. The van der Waals surface area contributed by atoms with Gasteiger partial charge in [0, 0.05) is 17.1 Å². The summed E-state index contributed by atoms with van der Waals surface area (Å²) in [5, 5.41) is 14.8. The van der Waals surface area contributed by atoms with Gasteiger partial charge in [-0.05, 0) is 36.8 Å². The number of benzene rings is 1. The molecule has 0 N–H and O–H groups in total. The van der Waals surface area contributed by atoms with E-state index in [9.17, 15) is 14.9 Å². The minimum absolute atomic E-state index is 0.190. The van der Waals surface area contributed by atoms with Crippen LogP contribution in [0, 0.1) is 10.1 Å². The van der Waals surface area contributed by atoms with Crippen LogP contribution in [0.1, 0.15) is 29.4 Å². The summed E-state index contributed by atoms with van der Waals surface area (Å²) in [7, 11) is 1.53. The SMILES string of the molecule is CCCOc1ccc(Br)cc1/C=C/C(=O)c1nn(C)cc1[N+](=O)[O-]. The highest BCUT2D eigenvalue weighted by Gasteiger charge is 2.23. The van der Waals surface area contributed by atoms with Gasteiger partial charge in [-0.1, -0.05) is 22.9 Å². The third-order valence-corrected chi connectivity index (χ3v) is 3.58. The van der Waals surface area contributed by atoms with Crippen molar-refractivity contribution < 1.29 is 14.5 Å². The molecule has 0 radical (unpaired) electrons. The first-order valence-corrected chi connectivity index (χ1v) is 8.04. The Hall–Kier alpha value is -2.48. The predicted molar refractivity (Wildman–Crippen MR) is 93.2 cm³/mol. The molecule has 24 heavy (non-hydrogen) atoms.